The van der Waals surface area contributed by atoms with Crippen LogP contribution < -0.4 is 26.4 Å². The zero-order chi connectivity index (χ0) is 25.4. The fourth-order valence-corrected chi connectivity index (χ4v) is 4.48. The number of carbonyl (C=O) groups excluding carboxylic acids is 1. The zero-order valence-electron chi connectivity index (χ0n) is 19.8. The van der Waals surface area contributed by atoms with E-state index < -0.39 is 5.82 Å². The molecule has 2 aromatic heterocycles. The van der Waals surface area contributed by atoms with E-state index in [1.165, 1.54) is 36.1 Å². The second-order valence-electron chi connectivity index (χ2n) is 8.21. The summed E-state index contributed by atoms with van der Waals surface area (Å²) in [7, 11) is 3.23. The first-order valence-electron chi connectivity index (χ1n) is 11.3. The van der Waals surface area contributed by atoms with Gasteiger partial charge in [0.25, 0.3) is 0 Å². The van der Waals surface area contributed by atoms with Crippen molar-refractivity contribution in [3.8, 4) is 11.6 Å². The van der Waals surface area contributed by atoms with E-state index in [0.717, 1.165) is 17.5 Å². The Morgan fingerprint density at radius 2 is 2.06 bits per heavy atom. The molecule has 1 amide bonds. The molecule has 0 spiro atoms. The van der Waals surface area contributed by atoms with Gasteiger partial charge in [-0.2, -0.15) is 4.98 Å². The number of hydrogen-bond donors (Lipinski definition) is 3. The highest BCUT2D eigenvalue weighted by Crippen LogP contribution is 2.36. The van der Waals surface area contributed by atoms with Crippen LogP contribution >= 0.6 is 0 Å². The number of anilines is 4. The molecule has 0 saturated heterocycles. The van der Waals surface area contributed by atoms with E-state index in [9.17, 15) is 14.0 Å². The molecule has 0 bridgehead atoms. The van der Waals surface area contributed by atoms with Crippen LogP contribution in [0.3, 0.4) is 0 Å². The second kappa shape index (κ2) is 9.17. The number of rotatable bonds is 7. The van der Waals surface area contributed by atoms with Gasteiger partial charge in [-0.15, -0.1) is 0 Å². The van der Waals surface area contributed by atoms with Crippen molar-refractivity contribution in [3.63, 3.8) is 0 Å². The van der Waals surface area contributed by atoms with Crippen molar-refractivity contribution in [2.75, 3.05) is 30.1 Å². The maximum Gasteiger partial charge on any atom is 0.334 e. The summed E-state index contributed by atoms with van der Waals surface area (Å²) in [5.41, 5.74) is 3.31. The largest absolute Gasteiger partial charge is 0.494 e. The second-order valence-corrected chi connectivity index (χ2v) is 8.21. The quantitative estimate of drug-likeness (QED) is 0.340. The molecule has 0 fully saturated rings. The topological polar surface area (TPSA) is 115 Å². The molecule has 1 aliphatic rings. The van der Waals surface area contributed by atoms with E-state index >= 15 is 0 Å². The van der Waals surface area contributed by atoms with Gasteiger partial charge in [-0.1, -0.05) is 6.58 Å². The Morgan fingerprint density at radius 1 is 1.22 bits per heavy atom. The van der Waals surface area contributed by atoms with Crippen molar-refractivity contribution in [2.24, 2.45) is 0 Å². The Bertz CT molecular complexity index is 1570. The lowest BCUT2D eigenvalue weighted by Gasteiger charge is -2.16. The molecule has 0 unspecified atom stereocenters. The first-order valence-corrected chi connectivity index (χ1v) is 11.3. The number of halogens is 1. The minimum absolute atomic E-state index is 0.184. The van der Waals surface area contributed by atoms with E-state index in [0.29, 0.717) is 47.1 Å². The van der Waals surface area contributed by atoms with Gasteiger partial charge in [0.2, 0.25) is 11.9 Å². The summed E-state index contributed by atoms with van der Waals surface area (Å²) in [5.74, 6) is 0.173. The molecule has 3 N–H and O–H groups in total. The maximum absolute atomic E-state index is 14.4. The molecule has 0 aliphatic carbocycles. The maximum atomic E-state index is 14.4. The van der Waals surface area contributed by atoms with Crippen molar-refractivity contribution in [1.29, 1.82) is 0 Å². The lowest BCUT2D eigenvalue weighted by Crippen LogP contribution is -2.25. The molecule has 3 heterocycles. The van der Waals surface area contributed by atoms with Crippen molar-refractivity contribution in [3.05, 3.63) is 71.0 Å². The lowest BCUT2D eigenvalue weighted by atomic mass is 10.0. The summed E-state index contributed by atoms with van der Waals surface area (Å²) >= 11 is 0. The third kappa shape index (κ3) is 3.94. The van der Waals surface area contributed by atoms with Crippen LogP contribution in [-0.4, -0.2) is 39.2 Å². The molecule has 5 rings (SSSR count). The number of aryl methyl sites for hydroxylation is 2. The third-order valence-electron chi connectivity index (χ3n) is 6.06. The molecule has 0 atom stereocenters. The minimum Gasteiger partial charge on any atom is -0.494 e. The first-order chi connectivity index (χ1) is 17.4. The summed E-state index contributed by atoms with van der Waals surface area (Å²) in [4.78, 5) is 34.0. The lowest BCUT2D eigenvalue weighted by molar-refractivity contribution is -0.111. The number of methoxy groups -OCH3 is 1. The average Bonchev–Trinajstić information content (AvgIpc) is 3.16. The fourth-order valence-electron chi connectivity index (χ4n) is 4.48. The van der Waals surface area contributed by atoms with Crippen molar-refractivity contribution in [2.45, 2.75) is 19.4 Å². The molecule has 11 heteroatoms. The Morgan fingerprint density at radius 3 is 2.81 bits per heavy atom. The number of benzene rings is 2. The number of carbonyl (C=O) groups is 1. The minimum atomic E-state index is -0.402. The average molecular weight is 490 g/mol. The number of nitrogens with zero attached hydrogens (tertiary/aromatic N) is 4. The van der Waals surface area contributed by atoms with Crippen LogP contribution in [0, 0.1) is 5.82 Å². The van der Waals surface area contributed by atoms with Crippen LogP contribution in [0.2, 0.25) is 0 Å². The van der Waals surface area contributed by atoms with Crippen LogP contribution in [-0.2, 0) is 17.8 Å². The third-order valence-corrected chi connectivity index (χ3v) is 6.06. The van der Waals surface area contributed by atoms with Crippen LogP contribution in [0.15, 0.2) is 54.0 Å². The molecule has 2 aromatic carbocycles. The highest BCUT2D eigenvalue weighted by molar-refractivity contribution is 6.02. The Hall–Kier alpha value is -4.67. The van der Waals surface area contributed by atoms with E-state index in [1.807, 2.05) is 0 Å². The van der Waals surface area contributed by atoms with E-state index in [1.54, 1.807) is 29.8 Å². The van der Waals surface area contributed by atoms with Crippen LogP contribution in [0.4, 0.5) is 27.4 Å². The van der Waals surface area contributed by atoms with Gasteiger partial charge < -0.3 is 20.7 Å². The van der Waals surface area contributed by atoms with Gasteiger partial charge in [0, 0.05) is 38.0 Å². The van der Waals surface area contributed by atoms with Crippen molar-refractivity contribution >= 4 is 40.0 Å². The smallest absolute Gasteiger partial charge is 0.334 e. The van der Waals surface area contributed by atoms with Gasteiger partial charge in [-0.3, -0.25) is 9.36 Å². The molecular formula is C25H24FN7O3. The highest BCUT2D eigenvalue weighted by atomic mass is 19.1. The van der Waals surface area contributed by atoms with Crippen molar-refractivity contribution in [1.82, 2.24) is 19.1 Å². The number of aromatic nitrogens is 4. The predicted molar refractivity (Wildman–Crippen MR) is 136 cm³/mol. The number of nitrogens with one attached hydrogen (secondary N) is 3. The monoisotopic (exact) mass is 489 g/mol. The zero-order valence-corrected chi connectivity index (χ0v) is 19.8. The Balaban J connectivity index is 1.58. The van der Waals surface area contributed by atoms with Gasteiger partial charge in [-0.05, 0) is 36.6 Å². The summed E-state index contributed by atoms with van der Waals surface area (Å²) in [5, 5.41) is 8.84. The van der Waals surface area contributed by atoms with Crippen LogP contribution in [0.25, 0.3) is 16.9 Å². The van der Waals surface area contributed by atoms with Crippen molar-refractivity contribution < 1.29 is 13.9 Å². The summed E-state index contributed by atoms with van der Waals surface area (Å²) in [6, 6.07) is 7.81. The Kier molecular flexibility index (Phi) is 5.88. The van der Waals surface area contributed by atoms with Gasteiger partial charge in [-0.25, -0.2) is 18.7 Å². The number of ether oxygens (including phenoxy) is 1. The fraction of sp³-hybridized carbons (Fsp3) is 0.200. The molecule has 0 radical (unpaired) electrons. The number of hydrogen-bond acceptors (Lipinski definition) is 7. The van der Waals surface area contributed by atoms with Gasteiger partial charge in [0.15, 0.2) is 0 Å². The molecule has 10 nitrogen and oxygen atoms in total. The molecule has 4 aromatic rings. The first kappa shape index (κ1) is 23.1. The van der Waals surface area contributed by atoms with E-state index in [4.69, 9.17) is 4.74 Å². The Labute approximate surface area is 205 Å². The van der Waals surface area contributed by atoms with Crippen LogP contribution in [0.5, 0.6) is 5.75 Å². The molecule has 1 aliphatic heterocycles. The van der Waals surface area contributed by atoms with E-state index in [2.05, 4.69) is 32.5 Å². The summed E-state index contributed by atoms with van der Waals surface area (Å²) in [6.45, 7) is 4.04. The molecular weight excluding hydrogens is 465 g/mol. The number of amides is 1. The predicted octanol–water partition coefficient (Wildman–Crippen LogP) is 3.59. The summed E-state index contributed by atoms with van der Waals surface area (Å²) in [6.07, 6.45) is 4.15. The van der Waals surface area contributed by atoms with Crippen LogP contribution in [0.1, 0.15) is 12.0 Å². The molecule has 36 heavy (non-hydrogen) atoms. The highest BCUT2D eigenvalue weighted by Gasteiger charge is 2.22. The molecule has 0 saturated carbocycles. The molecule has 184 valence electrons. The SMILES string of the molecule is C=CC(=O)Nc1cc(Nc2nccc(-n3c(=O)n4c5c(cc(F)cc53)CCC4)n2)c(OC)cc1NC. The van der Waals surface area contributed by atoms with Gasteiger partial charge >= 0.3 is 5.69 Å². The van der Waals surface area contributed by atoms with E-state index in [-0.39, 0.29) is 17.5 Å². The summed E-state index contributed by atoms with van der Waals surface area (Å²) < 4.78 is 22.9. The number of imidazole rings is 1. The van der Waals surface area contributed by atoms with Gasteiger partial charge in [0.1, 0.15) is 17.4 Å². The van der Waals surface area contributed by atoms with Gasteiger partial charge in [0.05, 0.1) is 35.2 Å². The standard InChI is InChI=1S/C25H24FN7O3/c1-4-22(34)29-17-12-18(20(36-3)13-16(17)27-2)30-24-28-8-7-21(31-24)33-19-11-15(26)10-14-6-5-9-32(23(14)19)25(33)35/h4,7-8,10-13,27H,1,5-6,9H2,2-3H3,(H,29,34)(H,28,30,31). The normalized spacial score (nSPS) is 12.3.